The van der Waals surface area contributed by atoms with Crippen molar-refractivity contribution in [3.8, 4) is 22.4 Å². The van der Waals surface area contributed by atoms with Gasteiger partial charge < -0.3 is 10.6 Å². The second-order valence-electron chi connectivity index (χ2n) is 9.85. The Morgan fingerprint density at radius 2 is 1.44 bits per heavy atom. The molecule has 1 aromatic heterocycles. The molecule has 3 aromatic rings. The number of nitrogens with one attached hydrogen (secondary N) is 3. The number of nitrogens with zero attached hydrogens (tertiary/aromatic N) is 1. The molecule has 1 fully saturated rings. The maximum Gasteiger partial charge on any atom is 0.277 e. The number of rotatable bonds is 4. The Labute approximate surface area is 188 Å². The summed E-state index contributed by atoms with van der Waals surface area (Å²) < 4.78 is 0. The van der Waals surface area contributed by atoms with Gasteiger partial charge in [0.1, 0.15) is 5.56 Å². The summed E-state index contributed by atoms with van der Waals surface area (Å²) >= 11 is 0. The molecule has 0 saturated carbocycles. The van der Waals surface area contributed by atoms with Crippen LogP contribution in [0.3, 0.4) is 0 Å². The van der Waals surface area contributed by atoms with Crippen LogP contribution in [-0.2, 0) is 0 Å². The Balaban J connectivity index is 1.80. The van der Waals surface area contributed by atoms with Gasteiger partial charge in [-0.05, 0) is 46.1 Å². The summed E-state index contributed by atoms with van der Waals surface area (Å²) in [6.45, 7) is 8.54. The smallest absolute Gasteiger partial charge is 0.277 e. The molecule has 0 bridgehead atoms. The third-order valence-electron chi connectivity index (χ3n) is 5.85. The highest BCUT2D eigenvalue weighted by Gasteiger charge is 2.38. The number of aromatic amines is 1. The Morgan fingerprint density at radius 1 is 0.906 bits per heavy atom. The van der Waals surface area contributed by atoms with Crippen molar-refractivity contribution in [1.29, 1.82) is 0 Å². The van der Waals surface area contributed by atoms with E-state index in [-0.39, 0.29) is 28.6 Å². The third kappa shape index (κ3) is 4.65. The molecule has 6 nitrogen and oxygen atoms in total. The molecule has 3 N–H and O–H groups in total. The fraction of sp³-hybridized carbons (Fsp3) is 0.346. The molecular weight excluding hydrogens is 400 g/mol. The van der Waals surface area contributed by atoms with E-state index in [1.165, 1.54) is 0 Å². The largest absolute Gasteiger partial charge is 0.349 e. The highest BCUT2D eigenvalue weighted by atomic mass is 16.2. The van der Waals surface area contributed by atoms with Gasteiger partial charge in [0.05, 0.1) is 5.69 Å². The molecule has 1 aliphatic rings. The lowest BCUT2D eigenvalue weighted by molar-refractivity contribution is 0.0872. The van der Waals surface area contributed by atoms with Gasteiger partial charge in [-0.2, -0.15) is 5.10 Å². The number of amides is 1. The van der Waals surface area contributed by atoms with E-state index < -0.39 is 5.56 Å². The van der Waals surface area contributed by atoms with E-state index in [4.69, 9.17) is 0 Å². The van der Waals surface area contributed by atoms with Gasteiger partial charge in [0, 0.05) is 28.2 Å². The molecule has 1 amide bonds. The topological polar surface area (TPSA) is 86.9 Å². The Hall–Kier alpha value is -3.25. The van der Waals surface area contributed by atoms with Crippen molar-refractivity contribution >= 4 is 5.91 Å². The Morgan fingerprint density at radius 3 is 2.00 bits per heavy atom. The number of benzene rings is 2. The summed E-state index contributed by atoms with van der Waals surface area (Å²) in [6, 6.07) is 19.0. The normalized spacial score (nSPS) is 17.6. The van der Waals surface area contributed by atoms with Crippen LogP contribution < -0.4 is 16.2 Å². The highest BCUT2D eigenvalue weighted by molar-refractivity contribution is 6.03. The van der Waals surface area contributed by atoms with E-state index in [0.29, 0.717) is 11.3 Å². The summed E-state index contributed by atoms with van der Waals surface area (Å²) in [5, 5.41) is 13.7. The van der Waals surface area contributed by atoms with Crippen LogP contribution in [0.2, 0.25) is 0 Å². The molecule has 0 spiro atoms. The zero-order valence-electron chi connectivity index (χ0n) is 19.0. The summed E-state index contributed by atoms with van der Waals surface area (Å²) in [5.41, 5.74) is 2.09. The van der Waals surface area contributed by atoms with E-state index in [9.17, 15) is 9.59 Å². The predicted octanol–water partition coefficient (Wildman–Crippen LogP) is 4.14. The standard InChI is InChI=1S/C26H30N4O2/c1-25(2)15-19(16-26(3,4)30-25)27-23(31)21-20(17-11-7-5-8-12-17)22(28-29-24(21)32)18-13-9-6-10-14-18/h5-14,19,30H,15-16H2,1-4H3,(H,27,31)(H,29,32). The number of carbonyl (C=O) groups is 1. The molecule has 6 heteroatoms. The summed E-state index contributed by atoms with van der Waals surface area (Å²) in [4.78, 5) is 26.5. The molecular formula is C26H30N4O2. The lowest BCUT2D eigenvalue weighted by atomic mass is 9.79. The molecule has 1 aliphatic heterocycles. The summed E-state index contributed by atoms with van der Waals surface area (Å²) in [6.07, 6.45) is 1.55. The fourth-order valence-corrected chi connectivity index (χ4v) is 5.04. The van der Waals surface area contributed by atoms with Gasteiger partial charge in [-0.3, -0.25) is 9.59 Å². The summed E-state index contributed by atoms with van der Waals surface area (Å²) in [7, 11) is 0. The molecule has 0 aliphatic carbocycles. The molecule has 1 saturated heterocycles. The van der Waals surface area contributed by atoms with Crippen molar-refractivity contribution in [1.82, 2.24) is 20.8 Å². The van der Waals surface area contributed by atoms with Crippen LogP contribution in [0, 0.1) is 0 Å². The van der Waals surface area contributed by atoms with Gasteiger partial charge in [-0.15, -0.1) is 0 Å². The van der Waals surface area contributed by atoms with Crippen LogP contribution in [-0.4, -0.2) is 33.2 Å². The number of carbonyl (C=O) groups excluding carboxylic acids is 1. The molecule has 2 aromatic carbocycles. The molecule has 2 heterocycles. The SMILES string of the molecule is CC1(C)CC(NC(=O)c2c(-c3ccccc3)c(-c3ccccc3)n[nH]c2=O)CC(C)(C)N1. The van der Waals surface area contributed by atoms with Crippen molar-refractivity contribution < 1.29 is 4.79 Å². The van der Waals surface area contributed by atoms with Crippen LogP contribution in [0.5, 0.6) is 0 Å². The zero-order chi connectivity index (χ0) is 22.9. The van der Waals surface area contributed by atoms with Crippen molar-refractivity contribution in [2.24, 2.45) is 0 Å². The minimum Gasteiger partial charge on any atom is -0.349 e. The van der Waals surface area contributed by atoms with Crippen LogP contribution in [0.15, 0.2) is 65.5 Å². The Kier molecular flexibility index (Phi) is 5.73. The van der Waals surface area contributed by atoms with Crippen LogP contribution in [0.1, 0.15) is 50.9 Å². The van der Waals surface area contributed by atoms with Crippen molar-refractivity contribution in [2.75, 3.05) is 0 Å². The lowest BCUT2D eigenvalue weighted by Crippen LogP contribution is -2.62. The van der Waals surface area contributed by atoms with Crippen LogP contribution >= 0.6 is 0 Å². The predicted molar refractivity (Wildman–Crippen MR) is 128 cm³/mol. The molecule has 0 atom stereocenters. The van der Waals surface area contributed by atoms with E-state index in [2.05, 4.69) is 48.5 Å². The number of hydrogen-bond acceptors (Lipinski definition) is 4. The van der Waals surface area contributed by atoms with Gasteiger partial charge in [0.2, 0.25) is 0 Å². The quantitative estimate of drug-likeness (QED) is 0.581. The first-order valence-electron chi connectivity index (χ1n) is 11.0. The van der Waals surface area contributed by atoms with Crippen molar-refractivity contribution in [2.45, 2.75) is 57.7 Å². The van der Waals surface area contributed by atoms with Crippen LogP contribution in [0.4, 0.5) is 0 Å². The highest BCUT2D eigenvalue weighted by Crippen LogP contribution is 2.32. The number of hydrogen-bond donors (Lipinski definition) is 3. The second-order valence-corrected chi connectivity index (χ2v) is 9.85. The first-order chi connectivity index (χ1) is 15.2. The molecule has 32 heavy (non-hydrogen) atoms. The summed E-state index contributed by atoms with van der Waals surface area (Å²) in [5.74, 6) is -0.372. The van der Waals surface area contributed by atoms with E-state index >= 15 is 0 Å². The van der Waals surface area contributed by atoms with E-state index in [1.807, 2.05) is 60.7 Å². The maximum atomic E-state index is 13.6. The first-order valence-corrected chi connectivity index (χ1v) is 11.0. The van der Waals surface area contributed by atoms with E-state index in [1.54, 1.807) is 0 Å². The van der Waals surface area contributed by atoms with Crippen LogP contribution in [0.25, 0.3) is 22.4 Å². The number of piperidine rings is 1. The van der Waals surface area contributed by atoms with E-state index in [0.717, 1.165) is 24.0 Å². The number of H-pyrrole nitrogens is 1. The van der Waals surface area contributed by atoms with Gasteiger partial charge in [-0.25, -0.2) is 5.10 Å². The molecule has 0 radical (unpaired) electrons. The van der Waals surface area contributed by atoms with Crippen molar-refractivity contribution in [3.63, 3.8) is 0 Å². The Bertz CT molecular complexity index is 1150. The monoisotopic (exact) mass is 430 g/mol. The van der Waals surface area contributed by atoms with Gasteiger partial charge in [-0.1, -0.05) is 60.7 Å². The third-order valence-corrected chi connectivity index (χ3v) is 5.85. The second kappa shape index (κ2) is 8.36. The first kappa shape index (κ1) is 22.0. The lowest BCUT2D eigenvalue weighted by Gasteiger charge is -2.46. The molecule has 4 rings (SSSR count). The van der Waals surface area contributed by atoms with Gasteiger partial charge in [0.15, 0.2) is 0 Å². The average molecular weight is 431 g/mol. The fourth-order valence-electron chi connectivity index (χ4n) is 5.04. The minimum absolute atomic E-state index is 0.0508. The molecule has 0 unspecified atom stereocenters. The zero-order valence-corrected chi connectivity index (χ0v) is 19.0. The number of aromatic nitrogens is 2. The van der Waals surface area contributed by atoms with Crippen molar-refractivity contribution in [3.05, 3.63) is 76.6 Å². The molecule has 166 valence electrons. The average Bonchev–Trinajstić information content (AvgIpc) is 2.72. The van der Waals surface area contributed by atoms with Gasteiger partial charge >= 0.3 is 0 Å². The van der Waals surface area contributed by atoms with Gasteiger partial charge in [0.25, 0.3) is 11.5 Å². The maximum absolute atomic E-state index is 13.6. The minimum atomic E-state index is -0.492.